The lowest BCUT2D eigenvalue weighted by Crippen LogP contribution is -2.45. The van der Waals surface area contributed by atoms with Gasteiger partial charge in [-0.1, -0.05) is 242 Å². The molecule has 0 aliphatic carbocycles. The molecule has 0 saturated heterocycles. The first kappa shape index (κ1) is 66.5. The summed E-state index contributed by atoms with van der Waals surface area (Å²) in [6.45, 7) is 4.60. The fourth-order valence-electron chi connectivity index (χ4n) is 8.42. The van der Waals surface area contributed by atoms with Gasteiger partial charge in [-0.05, 0) is 70.6 Å². The molecule has 3 unspecified atom stereocenters. The molecule has 0 aromatic rings. The molecule has 2 N–H and O–H groups in total. The minimum Gasteiger partial charge on any atom is -0.756 e. The average molecular weight is 978 g/mol. The molecule has 0 aliphatic heterocycles. The Hall–Kier alpha value is -1.54. The Morgan fingerprint density at radius 3 is 1.22 bits per heavy atom. The second-order valence-corrected chi connectivity index (χ2v) is 22.4. The summed E-state index contributed by atoms with van der Waals surface area (Å²) in [4.78, 5) is 25.4. The molecule has 0 aliphatic rings. The third-order valence-electron chi connectivity index (χ3n) is 13.0. The number of rotatable bonds is 53. The highest BCUT2D eigenvalue weighted by molar-refractivity contribution is 7.45. The Kier molecular flexibility index (Phi) is 49.3. The van der Waals surface area contributed by atoms with Crippen molar-refractivity contribution in [1.29, 1.82) is 0 Å². The van der Waals surface area contributed by atoms with Gasteiger partial charge in [-0.2, -0.15) is 0 Å². The number of unbranched alkanes of at least 4 members (excludes halogenated alkanes) is 34. The number of carbonyl (C=O) groups is 1. The summed E-state index contributed by atoms with van der Waals surface area (Å²) >= 11 is 0. The van der Waals surface area contributed by atoms with Gasteiger partial charge in [0.15, 0.2) is 0 Å². The fraction of sp³-hybridized carbons (Fsp3) is 0.847. The molecule has 8 nitrogen and oxygen atoms in total. The van der Waals surface area contributed by atoms with E-state index in [0.717, 1.165) is 51.4 Å². The number of phosphoric ester groups is 1. The first-order valence-electron chi connectivity index (χ1n) is 29.0. The van der Waals surface area contributed by atoms with Crippen LogP contribution in [-0.2, 0) is 18.4 Å². The van der Waals surface area contributed by atoms with Crippen LogP contribution in [0.2, 0.25) is 0 Å². The highest BCUT2D eigenvalue weighted by Gasteiger charge is 2.23. The monoisotopic (exact) mass is 977 g/mol. The van der Waals surface area contributed by atoms with Gasteiger partial charge in [0.25, 0.3) is 7.82 Å². The van der Waals surface area contributed by atoms with Gasteiger partial charge in [0.1, 0.15) is 13.2 Å². The fourth-order valence-corrected chi connectivity index (χ4v) is 9.14. The highest BCUT2D eigenvalue weighted by Crippen LogP contribution is 2.38. The van der Waals surface area contributed by atoms with Gasteiger partial charge in [-0.15, -0.1) is 0 Å². The summed E-state index contributed by atoms with van der Waals surface area (Å²) in [5.74, 6) is -0.209. The minimum atomic E-state index is -4.60. The standard InChI is InChI=1S/C59H113N2O6P/c1-6-8-10-12-14-16-18-20-21-22-23-24-25-26-27-28-29-30-31-32-33-34-35-36-37-38-39-41-43-45-47-49-51-53-59(63)60-57(56-67-68(64,65)66-55-54-61(3,4)5)58(62)52-50-48-46-44-42-40-19-17-15-13-11-9-7-2/h15,17,22-23,42,44,50,52,57-58,62H,6-14,16,18-21,24-41,43,45-49,51,53-56H2,1-5H3,(H-,60,63,64,65)/b17-15+,23-22-,44-42+,52-50+. The number of aliphatic hydroxyl groups is 1. The van der Waals surface area contributed by atoms with Crippen molar-refractivity contribution < 1.29 is 32.9 Å². The molecule has 0 fully saturated rings. The van der Waals surface area contributed by atoms with Crippen LogP contribution in [0.15, 0.2) is 48.6 Å². The number of aliphatic hydroxyl groups excluding tert-OH is 1. The van der Waals surface area contributed by atoms with E-state index in [2.05, 4.69) is 55.6 Å². The molecule has 0 bridgehead atoms. The van der Waals surface area contributed by atoms with Crippen LogP contribution in [0.25, 0.3) is 0 Å². The summed E-state index contributed by atoms with van der Waals surface area (Å²) in [5.41, 5.74) is 0. The molecule has 0 heterocycles. The van der Waals surface area contributed by atoms with Crippen LogP contribution in [-0.4, -0.2) is 68.5 Å². The quantitative estimate of drug-likeness (QED) is 0.0272. The third-order valence-corrected chi connectivity index (χ3v) is 14.0. The van der Waals surface area contributed by atoms with E-state index < -0.39 is 26.6 Å². The number of quaternary nitrogens is 1. The topological polar surface area (TPSA) is 108 Å². The van der Waals surface area contributed by atoms with Crippen molar-refractivity contribution in [3.8, 4) is 0 Å². The number of hydrogen-bond donors (Lipinski definition) is 2. The molecule has 68 heavy (non-hydrogen) atoms. The normalized spacial score (nSPS) is 14.3. The Morgan fingerprint density at radius 1 is 0.500 bits per heavy atom. The summed E-state index contributed by atoms with van der Waals surface area (Å²) in [7, 11) is 1.24. The predicted molar refractivity (Wildman–Crippen MR) is 293 cm³/mol. The first-order chi connectivity index (χ1) is 33.0. The second-order valence-electron chi connectivity index (χ2n) is 21.0. The van der Waals surface area contributed by atoms with Gasteiger partial charge < -0.3 is 28.8 Å². The van der Waals surface area contributed by atoms with Crippen molar-refractivity contribution in [3.05, 3.63) is 48.6 Å². The predicted octanol–water partition coefficient (Wildman–Crippen LogP) is 16.9. The number of nitrogens with one attached hydrogen (secondary N) is 1. The van der Waals surface area contributed by atoms with Crippen LogP contribution in [0.5, 0.6) is 0 Å². The number of likely N-dealkylation sites (N-methyl/N-ethyl adjacent to an activating group) is 1. The Labute approximate surface area is 422 Å². The van der Waals surface area contributed by atoms with Crippen LogP contribution in [0.4, 0.5) is 0 Å². The maximum absolute atomic E-state index is 12.9. The van der Waals surface area contributed by atoms with Crippen LogP contribution in [0.3, 0.4) is 0 Å². The van der Waals surface area contributed by atoms with Gasteiger partial charge in [0, 0.05) is 6.42 Å². The Bertz CT molecular complexity index is 1250. The largest absolute Gasteiger partial charge is 0.756 e. The van der Waals surface area contributed by atoms with E-state index in [1.54, 1.807) is 6.08 Å². The first-order valence-corrected chi connectivity index (χ1v) is 30.5. The molecule has 0 aromatic heterocycles. The summed E-state index contributed by atoms with van der Waals surface area (Å²) in [5, 5.41) is 13.8. The summed E-state index contributed by atoms with van der Waals surface area (Å²) < 4.78 is 23.3. The summed E-state index contributed by atoms with van der Waals surface area (Å²) in [6.07, 6.45) is 66.4. The van der Waals surface area contributed by atoms with Crippen molar-refractivity contribution in [3.63, 3.8) is 0 Å². The zero-order valence-corrected chi connectivity index (χ0v) is 46.5. The molecule has 0 saturated carbocycles. The van der Waals surface area contributed by atoms with Gasteiger partial charge in [0.2, 0.25) is 5.91 Å². The molecule has 3 atom stereocenters. The van der Waals surface area contributed by atoms with E-state index in [1.807, 2.05) is 27.2 Å². The Morgan fingerprint density at radius 2 is 0.824 bits per heavy atom. The van der Waals surface area contributed by atoms with E-state index in [4.69, 9.17) is 9.05 Å². The Balaban J connectivity index is 4.01. The lowest BCUT2D eigenvalue weighted by atomic mass is 10.0. The maximum atomic E-state index is 12.9. The van der Waals surface area contributed by atoms with Gasteiger partial charge in [-0.25, -0.2) is 0 Å². The van der Waals surface area contributed by atoms with Crippen molar-refractivity contribution in [2.45, 2.75) is 283 Å². The maximum Gasteiger partial charge on any atom is 0.268 e. The molecule has 9 heteroatoms. The van der Waals surface area contributed by atoms with E-state index in [9.17, 15) is 19.4 Å². The van der Waals surface area contributed by atoms with Crippen LogP contribution < -0.4 is 10.2 Å². The van der Waals surface area contributed by atoms with Crippen LogP contribution >= 0.6 is 7.82 Å². The van der Waals surface area contributed by atoms with E-state index >= 15 is 0 Å². The van der Waals surface area contributed by atoms with Crippen molar-refractivity contribution >= 4 is 13.7 Å². The molecular formula is C59H113N2O6P. The number of hydrogen-bond acceptors (Lipinski definition) is 6. The SMILES string of the molecule is CCCCC/C=C/CC/C=C/CC/C=C/C(O)C(COP(=O)([O-])OCC[N+](C)(C)C)NC(=O)CCCCCCCCCCCCCCCCCCCCCCC/C=C\CCCCCCCCCC. The molecular weight excluding hydrogens is 864 g/mol. The molecule has 0 rings (SSSR count). The van der Waals surface area contributed by atoms with Gasteiger partial charge in [-0.3, -0.25) is 9.36 Å². The zero-order chi connectivity index (χ0) is 49.9. The van der Waals surface area contributed by atoms with E-state index in [-0.39, 0.29) is 12.5 Å². The molecule has 0 spiro atoms. The van der Waals surface area contributed by atoms with Crippen molar-refractivity contribution in [1.82, 2.24) is 5.32 Å². The molecule has 1 amide bonds. The number of phosphoric acid groups is 1. The van der Waals surface area contributed by atoms with E-state index in [0.29, 0.717) is 17.4 Å². The number of allylic oxidation sites excluding steroid dienone is 7. The molecule has 400 valence electrons. The zero-order valence-electron chi connectivity index (χ0n) is 45.6. The third kappa shape index (κ3) is 52.3. The number of nitrogens with zero attached hydrogens (tertiary/aromatic N) is 1. The molecule has 0 radical (unpaired) electrons. The lowest BCUT2D eigenvalue weighted by Gasteiger charge is -2.29. The van der Waals surface area contributed by atoms with Gasteiger partial charge >= 0.3 is 0 Å². The molecule has 0 aromatic carbocycles. The smallest absolute Gasteiger partial charge is 0.268 e. The van der Waals surface area contributed by atoms with Gasteiger partial charge in [0.05, 0.1) is 39.9 Å². The number of carbonyl (C=O) groups excluding carboxylic acids is 1. The minimum absolute atomic E-state index is 0.00863. The average Bonchev–Trinajstić information content (AvgIpc) is 3.30. The van der Waals surface area contributed by atoms with Crippen molar-refractivity contribution in [2.75, 3.05) is 40.9 Å². The number of amides is 1. The van der Waals surface area contributed by atoms with Crippen LogP contribution in [0.1, 0.15) is 271 Å². The highest BCUT2D eigenvalue weighted by atomic mass is 31.2. The van der Waals surface area contributed by atoms with Crippen LogP contribution in [0, 0.1) is 0 Å². The second kappa shape index (κ2) is 50.4. The lowest BCUT2D eigenvalue weighted by molar-refractivity contribution is -0.870. The van der Waals surface area contributed by atoms with E-state index in [1.165, 1.54) is 199 Å². The van der Waals surface area contributed by atoms with Crippen molar-refractivity contribution in [2.24, 2.45) is 0 Å². The summed E-state index contributed by atoms with van der Waals surface area (Å²) in [6, 6.07) is -0.908.